The van der Waals surface area contributed by atoms with Crippen molar-refractivity contribution in [1.82, 2.24) is 0 Å². The van der Waals surface area contributed by atoms with E-state index in [-0.39, 0.29) is 15.8 Å². The van der Waals surface area contributed by atoms with Crippen molar-refractivity contribution in [2.75, 3.05) is 19.0 Å². The molecule has 0 saturated carbocycles. The van der Waals surface area contributed by atoms with E-state index in [4.69, 9.17) is 44.3 Å². The molecule has 0 unspecified atom stereocenters. The molecule has 7 heteroatoms. The summed E-state index contributed by atoms with van der Waals surface area (Å²) in [5, 5.41) is 13.7. The number of phenolic OH excluding ortho intramolecular Hbond substituents is 1. The molecule has 0 atom stereocenters. The van der Waals surface area contributed by atoms with Crippen LogP contribution in [0, 0.1) is 0 Å². The third kappa shape index (κ3) is 4.28. The smallest absolute Gasteiger partial charge is 0.166 e. The lowest BCUT2D eigenvalue weighted by Crippen LogP contribution is -2.05. The van der Waals surface area contributed by atoms with Crippen LogP contribution in [0.2, 0.25) is 15.1 Å². The SMILES string of the molecule is CCOc1c(CNc2cc(Cl)c(O)c(Cl)c2)cc(Cl)cc1OC. The highest BCUT2D eigenvalue weighted by Crippen LogP contribution is 2.37. The van der Waals surface area contributed by atoms with Crippen LogP contribution in [0.3, 0.4) is 0 Å². The lowest BCUT2D eigenvalue weighted by molar-refractivity contribution is 0.308. The van der Waals surface area contributed by atoms with E-state index in [0.717, 1.165) is 5.56 Å². The summed E-state index contributed by atoms with van der Waals surface area (Å²) in [6.07, 6.45) is 0. The van der Waals surface area contributed by atoms with Crippen molar-refractivity contribution in [1.29, 1.82) is 0 Å². The van der Waals surface area contributed by atoms with Crippen LogP contribution in [-0.2, 0) is 6.54 Å². The predicted molar refractivity (Wildman–Crippen MR) is 94.6 cm³/mol. The number of rotatable bonds is 6. The topological polar surface area (TPSA) is 50.7 Å². The van der Waals surface area contributed by atoms with Gasteiger partial charge in [-0.05, 0) is 25.1 Å². The number of benzene rings is 2. The van der Waals surface area contributed by atoms with Crippen LogP contribution >= 0.6 is 34.8 Å². The molecule has 2 aromatic rings. The second-order valence-electron chi connectivity index (χ2n) is 4.67. The summed E-state index contributed by atoms with van der Waals surface area (Å²) in [4.78, 5) is 0. The number of phenols is 1. The Balaban J connectivity index is 2.28. The number of hydrogen-bond donors (Lipinski definition) is 2. The first kappa shape index (κ1) is 17.9. The highest BCUT2D eigenvalue weighted by atomic mass is 35.5. The van der Waals surface area contributed by atoms with E-state index in [1.54, 1.807) is 31.4 Å². The summed E-state index contributed by atoms with van der Waals surface area (Å²) in [7, 11) is 1.56. The third-order valence-electron chi connectivity index (χ3n) is 3.10. The number of anilines is 1. The average molecular weight is 377 g/mol. The molecular weight excluding hydrogens is 361 g/mol. The second kappa shape index (κ2) is 7.86. The monoisotopic (exact) mass is 375 g/mol. The van der Waals surface area contributed by atoms with Crippen molar-refractivity contribution >= 4 is 40.5 Å². The number of halogens is 3. The number of hydrogen-bond acceptors (Lipinski definition) is 4. The fourth-order valence-corrected chi connectivity index (χ4v) is 2.80. The summed E-state index contributed by atoms with van der Waals surface area (Å²) in [6, 6.07) is 6.67. The van der Waals surface area contributed by atoms with E-state index in [1.807, 2.05) is 6.92 Å². The summed E-state index contributed by atoms with van der Waals surface area (Å²) in [6.45, 7) is 2.82. The highest BCUT2D eigenvalue weighted by Gasteiger charge is 2.13. The van der Waals surface area contributed by atoms with E-state index >= 15 is 0 Å². The first-order valence-corrected chi connectivity index (χ1v) is 8.00. The molecule has 4 nitrogen and oxygen atoms in total. The fraction of sp³-hybridized carbons (Fsp3) is 0.250. The van der Waals surface area contributed by atoms with Gasteiger partial charge in [0.05, 0.1) is 23.8 Å². The average Bonchev–Trinajstić information content (AvgIpc) is 2.52. The Bertz CT molecular complexity index is 684. The molecule has 0 aromatic heterocycles. The molecule has 0 bridgehead atoms. The van der Waals surface area contributed by atoms with Crippen LogP contribution in [0.25, 0.3) is 0 Å². The molecule has 0 aliphatic rings. The summed E-state index contributed by atoms with van der Waals surface area (Å²) < 4.78 is 11.0. The Morgan fingerprint density at radius 1 is 1.09 bits per heavy atom. The molecule has 23 heavy (non-hydrogen) atoms. The van der Waals surface area contributed by atoms with Crippen LogP contribution in [0.4, 0.5) is 5.69 Å². The van der Waals surface area contributed by atoms with Gasteiger partial charge in [-0.3, -0.25) is 0 Å². The van der Waals surface area contributed by atoms with Crippen molar-refractivity contribution in [3.63, 3.8) is 0 Å². The van der Waals surface area contributed by atoms with Gasteiger partial charge in [0.15, 0.2) is 17.2 Å². The molecule has 2 rings (SSSR count). The van der Waals surface area contributed by atoms with Crippen molar-refractivity contribution in [3.8, 4) is 17.2 Å². The minimum absolute atomic E-state index is 0.140. The minimum atomic E-state index is -0.140. The minimum Gasteiger partial charge on any atom is -0.505 e. The summed E-state index contributed by atoms with van der Waals surface area (Å²) >= 11 is 17.9. The quantitative estimate of drug-likeness (QED) is 0.665. The van der Waals surface area contributed by atoms with E-state index in [9.17, 15) is 5.11 Å². The van der Waals surface area contributed by atoms with Gasteiger partial charge in [0.2, 0.25) is 0 Å². The first-order valence-electron chi connectivity index (χ1n) is 6.87. The molecule has 0 amide bonds. The normalized spacial score (nSPS) is 10.5. The van der Waals surface area contributed by atoms with E-state index < -0.39 is 0 Å². The Morgan fingerprint density at radius 2 is 1.74 bits per heavy atom. The zero-order valence-electron chi connectivity index (χ0n) is 12.6. The van der Waals surface area contributed by atoms with Gasteiger partial charge in [-0.25, -0.2) is 0 Å². The molecule has 2 N–H and O–H groups in total. The van der Waals surface area contributed by atoms with Gasteiger partial charge < -0.3 is 19.9 Å². The Labute approximate surface area is 149 Å². The van der Waals surface area contributed by atoms with Gasteiger partial charge >= 0.3 is 0 Å². The van der Waals surface area contributed by atoms with Gasteiger partial charge in [-0.15, -0.1) is 0 Å². The molecule has 0 saturated heterocycles. The number of nitrogens with one attached hydrogen (secondary N) is 1. The van der Waals surface area contributed by atoms with E-state index in [2.05, 4.69) is 5.32 Å². The summed E-state index contributed by atoms with van der Waals surface area (Å²) in [5.74, 6) is 1.05. The Morgan fingerprint density at radius 3 is 2.30 bits per heavy atom. The number of methoxy groups -OCH3 is 1. The predicted octanol–water partition coefficient (Wildman–Crippen LogP) is 5.37. The van der Waals surface area contributed by atoms with Crippen molar-refractivity contribution in [2.45, 2.75) is 13.5 Å². The zero-order valence-corrected chi connectivity index (χ0v) is 14.9. The molecule has 0 spiro atoms. The fourth-order valence-electron chi connectivity index (χ4n) is 2.08. The van der Waals surface area contributed by atoms with Crippen molar-refractivity contribution < 1.29 is 14.6 Å². The number of ether oxygens (including phenoxy) is 2. The van der Waals surface area contributed by atoms with Crippen LogP contribution in [0.5, 0.6) is 17.2 Å². The Kier molecular flexibility index (Phi) is 6.10. The largest absolute Gasteiger partial charge is 0.505 e. The first-order chi connectivity index (χ1) is 11.0. The highest BCUT2D eigenvalue weighted by molar-refractivity contribution is 6.37. The molecule has 0 heterocycles. The van der Waals surface area contributed by atoms with Gasteiger partial charge in [0, 0.05) is 28.9 Å². The third-order valence-corrected chi connectivity index (χ3v) is 3.90. The van der Waals surface area contributed by atoms with Gasteiger partial charge in [0.25, 0.3) is 0 Å². The zero-order chi connectivity index (χ0) is 17.0. The molecule has 2 aromatic carbocycles. The molecule has 124 valence electrons. The van der Waals surface area contributed by atoms with Gasteiger partial charge in [0.1, 0.15) is 0 Å². The molecule has 0 aliphatic carbocycles. The molecule has 0 aliphatic heterocycles. The van der Waals surface area contributed by atoms with Crippen molar-refractivity contribution in [3.05, 3.63) is 44.9 Å². The van der Waals surface area contributed by atoms with E-state index in [1.165, 1.54) is 0 Å². The van der Waals surface area contributed by atoms with Gasteiger partial charge in [-0.2, -0.15) is 0 Å². The Hall–Kier alpha value is -1.49. The van der Waals surface area contributed by atoms with Crippen LogP contribution in [-0.4, -0.2) is 18.8 Å². The standard InChI is InChI=1S/C16H16Cl3NO3/c1-3-23-16-9(4-10(17)5-14(16)22-2)8-20-11-6-12(18)15(21)13(19)7-11/h4-7,20-21H,3,8H2,1-2H3. The summed E-state index contributed by atoms with van der Waals surface area (Å²) in [5.41, 5.74) is 1.50. The maximum absolute atomic E-state index is 9.59. The maximum atomic E-state index is 9.59. The molecule has 0 fully saturated rings. The van der Waals surface area contributed by atoms with Gasteiger partial charge in [-0.1, -0.05) is 34.8 Å². The van der Waals surface area contributed by atoms with E-state index in [0.29, 0.717) is 35.4 Å². The lowest BCUT2D eigenvalue weighted by atomic mass is 10.1. The van der Waals surface area contributed by atoms with Crippen LogP contribution < -0.4 is 14.8 Å². The maximum Gasteiger partial charge on any atom is 0.166 e. The lowest BCUT2D eigenvalue weighted by Gasteiger charge is -2.16. The molecular formula is C16H16Cl3NO3. The van der Waals surface area contributed by atoms with Crippen molar-refractivity contribution in [2.24, 2.45) is 0 Å². The van der Waals surface area contributed by atoms with Crippen LogP contribution in [0.1, 0.15) is 12.5 Å². The number of aromatic hydroxyl groups is 1. The van der Waals surface area contributed by atoms with Crippen LogP contribution in [0.15, 0.2) is 24.3 Å². The molecule has 0 radical (unpaired) electrons. The second-order valence-corrected chi connectivity index (χ2v) is 5.92.